The third kappa shape index (κ3) is 3.55. The Morgan fingerprint density at radius 1 is 1.48 bits per heavy atom. The van der Waals surface area contributed by atoms with Crippen molar-refractivity contribution in [3.8, 4) is 11.3 Å². The molecule has 1 aromatic heterocycles. The van der Waals surface area contributed by atoms with E-state index in [2.05, 4.69) is 5.16 Å². The Labute approximate surface area is 138 Å². The van der Waals surface area contributed by atoms with Crippen LogP contribution in [0.15, 0.2) is 34.9 Å². The van der Waals surface area contributed by atoms with Crippen LogP contribution in [0.2, 0.25) is 5.02 Å². The number of nitrogens with zero attached hydrogens (tertiary/aromatic N) is 2. The van der Waals surface area contributed by atoms with E-state index in [0.29, 0.717) is 36.0 Å². The van der Waals surface area contributed by atoms with Crippen LogP contribution in [-0.2, 0) is 16.1 Å². The molecule has 0 amide bonds. The molecular weight excluding hydrogens is 320 g/mol. The molecule has 1 aromatic carbocycles. The SMILES string of the molecule is COC(=O)[C@H]1C[C@@H](O)CN1Cc1cc(-c2ccc(Cl)cc2)no1. The summed E-state index contributed by atoms with van der Waals surface area (Å²) in [6.07, 6.45) is -0.178. The number of likely N-dealkylation sites (tertiary alicyclic amines) is 1. The summed E-state index contributed by atoms with van der Waals surface area (Å²) in [5, 5.41) is 14.5. The molecule has 23 heavy (non-hydrogen) atoms. The summed E-state index contributed by atoms with van der Waals surface area (Å²) < 4.78 is 10.1. The second kappa shape index (κ2) is 6.70. The highest BCUT2D eigenvalue weighted by Crippen LogP contribution is 2.25. The minimum atomic E-state index is -0.544. The van der Waals surface area contributed by atoms with Crippen molar-refractivity contribution in [1.82, 2.24) is 10.1 Å². The number of aliphatic hydroxyl groups excluding tert-OH is 1. The van der Waals surface area contributed by atoms with Crippen LogP contribution >= 0.6 is 11.6 Å². The molecule has 0 radical (unpaired) electrons. The number of methoxy groups -OCH3 is 1. The number of esters is 1. The number of halogens is 1. The molecule has 2 aromatic rings. The molecular formula is C16H17ClN2O4. The summed E-state index contributed by atoms with van der Waals surface area (Å²) in [6.45, 7) is 0.786. The summed E-state index contributed by atoms with van der Waals surface area (Å²) in [6, 6.07) is 8.66. The zero-order chi connectivity index (χ0) is 16.4. The fourth-order valence-electron chi connectivity index (χ4n) is 2.78. The topological polar surface area (TPSA) is 75.8 Å². The van der Waals surface area contributed by atoms with Gasteiger partial charge in [-0.05, 0) is 12.1 Å². The van der Waals surface area contributed by atoms with Crippen molar-refractivity contribution in [3.05, 3.63) is 41.1 Å². The third-order valence-electron chi connectivity index (χ3n) is 3.91. The number of rotatable bonds is 4. The maximum Gasteiger partial charge on any atom is 0.323 e. The Morgan fingerprint density at radius 2 is 2.22 bits per heavy atom. The highest BCUT2D eigenvalue weighted by atomic mass is 35.5. The minimum Gasteiger partial charge on any atom is -0.468 e. The van der Waals surface area contributed by atoms with E-state index in [0.717, 1.165) is 5.56 Å². The highest BCUT2D eigenvalue weighted by Gasteiger charge is 2.37. The molecule has 6 nitrogen and oxygen atoms in total. The van der Waals surface area contributed by atoms with Crippen LogP contribution in [0.1, 0.15) is 12.2 Å². The smallest absolute Gasteiger partial charge is 0.323 e. The third-order valence-corrected chi connectivity index (χ3v) is 4.16. The molecule has 2 atom stereocenters. The van der Waals surface area contributed by atoms with Crippen molar-refractivity contribution in [2.24, 2.45) is 0 Å². The standard InChI is InChI=1S/C16H17ClN2O4/c1-22-16(21)15-6-12(20)8-19(15)9-13-7-14(18-23-13)10-2-4-11(17)5-3-10/h2-5,7,12,15,20H,6,8-9H2,1H3/t12-,15-/m1/s1. The Kier molecular flexibility index (Phi) is 4.66. The van der Waals surface area contributed by atoms with Crippen molar-refractivity contribution in [1.29, 1.82) is 0 Å². The van der Waals surface area contributed by atoms with Gasteiger partial charge in [-0.3, -0.25) is 9.69 Å². The van der Waals surface area contributed by atoms with Crippen LogP contribution in [0.3, 0.4) is 0 Å². The van der Waals surface area contributed by atoms with E-state index in [1.165, 1.54) is 7.11 Å². The molecule has 7 heteroatoms. The van der Waals surface area contributed by atoms with Gasteiger partial charge in [0, 0.05) is 29.6 Å². The van der Waals surface area contributed by atoms with Crippen LogP contribution in [0.5, 0.6) is 0 Å². The van der Waals surface area contributed by atoms with E-state index in [1.807, 2.05) is 23.1 Å². The van der Waals surface area contributed by atoms with Gasteiger partial charge in [0.25, 0.3) is 0 Å². The minimum absolute atomic E-state index is 0.348. The predicted molar refractivity (Wildman–Crippen MR) is 83.8 cm³/mol. The average molecular weight is 337 g/mol. The van der Waals surface area contributed by atoms with Gasteiger partial charge in [0.2, 0.25) is 0 Å². The van der Waals surface area contributed by atoms with E-state index in [4.69, 9.17) is 20.9 Å². The number of hydrogen-bond acceptors (Lipinski definition) is 6. The Morgan fingerprint density at radius 3 is 2.91 bits per heavy atom. The van der Waals surface area contributed by atoms with Crippen LogP contribution in [-0.4, -0.2) is 46.9 Å². The van der Waals surface area contributed by atoms with Gasteiger partial charge in [-0.1, -0.05) is 28.9 Å². The van der Waals surface area contributed by atoms with Crippen LogP contribution in [0.25, 0.3) is 11.3 Å². The van der Waals surface area contributed by atoms with E-state index in [1.54, 1.807) is 12.1 Å². The van der Waals surface area contributed by atoms with Crippen LogP contribution in [0.4, 0.5) is 0 Å². The molecule has 0 spiro atoms. The van der Waals surface area contributed by atoms with Crippen molar-refractivity contribution in [2.45, 2.75) is 25.1 Å². The summed E-state index contributed by atoms with van der Waals surface area (Å²) in [4.78, 5) is 13.6. The van der Waals surface area contributed by atoms with Gasteiger partial charge in [-0.15, -0.1) is 0 Å². The molecule has 1 fully saturated rings. The quantitative estimate of drug-likeness (QED) is 0.862. The van der Waals surface area contributed by atoms with Crippen molar-refractivity contribution in [3.63, 3.8) is 0 Å². The molecule has 1 saturated heterocycles. The number of carbonyl (C=O) groups is 1. The maximum atomic E-state index is 11.8. The molecule has 122 valence electrons. The van der Waals surface area contributed by atoms with Gasteiger partial charge in [-0.25, -0.2) is 0 Å². The van der Waals surface area contributed by atoms with Crippen molar-refractivity contribution in [2.75, 3.05) is 13.7 Å². The summed E-state index contributed by atoms with van der Waals surface area (Å²) in [5.74, 6) is 0.275. The molecule has 0 bridgehead atoms. The second-order valence-electron chi connectivity index (χ2n) is 5.54. The Hall–Kier alpha value is -1.89. The fourth-order valence-corrected chi connectivity index (χ4v) is 2.91. The molecule has 1 aliphatic rings. The van der Waals surface area contributed by atoms with E-state index < -0.39 is 12.1 Å². The lowest BCUT2D eigenvalue weighted by Crippen LogP contribution is -2.36. The van der Waals surface area contributed by atoms with E-state index in [-0.39, 0.29) is 5.97 Å². The van der Waals surface area contributed by atoms with E-state index >= 15 is 0 Å². The molecule has 0 unspecified atom stereocenters. The molecule has 1 N–H and O–H groups in total. The highest BCUT2D eigenvalue weighted by molar-refractivity contribution is 6.30. The number of carbonyl (C=O) groups excluding carboxylic acids is 1. The number of ether oxygens (including phenoxy) is 1. The summed E-state index contributed by atoms with van der Waals surface area (Å²) in [5.41, 5.74) is 1.60. The first-order valence-corrected chi connectivity index (χ1v) is 7.66. The van der Waals surface area contributed by atoms with Gasteiger partial charge in [0.15, 0.2) is 5.76 Å². The number of aliphatic hydroxyl groups is 1. The lowest BCUT2D eigenvalue weighted by Gasteiger charge is -2.20. The van der Waals surface area contributed by atoms with E-state index in [9.17, 15) is 9.90 Å². The Bertz CT molecular complexity index is 686. The van der Waals surface area contributed by atoms with Crippen LogP contribution in [0, 0.1) is 0 Å². The van der Waals surface area contributed by atoms with Crippen molar-refractivity contribution < 1.29 is 19.2 Å². The number of β-amino-alcohol motifs (C(OH)–C–C–N with tert-alkyl or cyclic N) is 1. The lowest BCUT2D eigenvalue weighted by atomic mass is 10.1. The van der Waals surface area contributed by atoms with Crippen LogP contribution < -0.4 is 0 Å². The van der Waals surface area contributed by atoms with Crippen molar-refractivity contribution >= 4 is 17.6 Å². The zero-order valence-corrected chi connectivity index (χ0v) is 13.4. The summed E-state index contributed by atoms with van der Waals surface area (Å²) >= 11 is 5.87. The largest absolute Gasteiger partial charge is 0.468 e. The monoisotopic (exact) mass is 336 g/mol. The fraction of sp³-hybridized carbons (Fsp3) is 0.375. The van der Waals surface area contributed by atoms with Gasteiger partial charge >= 0.3 is 5.97 Å². The second-order valence-corrected chi connectivity index (χ2v) is 5.98. The first kappa shape index (κ1) is 16.0. The van der Waals surface area contributed by atoms with Gasteiger partial charge in [-0.2, -0.15) is 0 Å². The predicted octanol–water partition coefficient (Wildman–Crippen LogP) is 2.10. The number of hydrogen-bond donors (Lipinski definition) is 1. The van der Waals surface area contributed by atoms with Gasteiger partial charge in [0.05, 0.1) is 19.8 Å². The Balaban J connectivity index is 1.73. The normalized spacial score (nSPS) is 21.5. The van der Waals surface area contributed by atoms with Gasteiger partial charge < -0.3 is 14.4 Å². The molecule has 3 rings (SSSR count). The molecule has 0 saturated carbocycles. The first-order chi connectivity index (χ1) is 11.1. The molecule has 2 heterocycles. The zero-order valence-electron chi connectivity index (χ0n) is 12.6. The molecule has 0 aliphatic carbocycles. The van der Waals surface area contributed by atoms with Gasteiger partial charge in [0.1, 0.15) is 11.7 Å². The maximum absolute atomic E-state index is 11.8. The lowest BCUT2D eigenvalue weighted by molar-refractivity contribution is -0.146. The first-order valence-electron chi connectivity index (χ1n) is 7.28. The molecule has 1 aliphatic heterocycles. The summed E-state index contributed by atoms with van der Waals surface area (Å²) in [7, 11) is 1.35. The number of benzene rings is 1. The average Bonchev–Trinajstić information content (AvgIpc) is 3.14. The number of aromatic nitrogens is 1.